The number of thioether (sulfide) groups is 2. The molecule has 1 aromatic carbocycles. The Kier molecular flexibility index (Phi) is 8.50. The van der Waals surface area contributed by atoms with E-state index in [1.54, 1.807) is 14.2 Å². The van der Waals surface area contributed by atoms with E-state index in [1.165, 1.54) is 11.1 Å². The first-order valence-corrected chi connectivity index (χ1v) is 13.5. The summed E-state index contributed by atoms with van der Waals surface area (Å²) in [6, 6.07) is 4.64. The minimum atomic E-state index is -0.105. The van der Waals surface area contributed by atoms with E-state index >= 15 is 0 Å². The van der Waals surface area contributed by atoms with E-state index in [-0.39, 0.29) is 10.00 Å². The SMILES string of the molecule is CCSC1(SCC)CC2c3cc(OC)c(OC)cc3CCN2CC1C(=O)N(CC)CC. The molecule has 2 aliphatic rings. The molecule has 7 heteroatoms. The van der Waals surface area contributed by atoms with Crippen LogP contribution in [0.2, 0.25) is 0 Å². The van der Waals surface area contributed by atoms with E-state index in [0.29, 0.717) is 11.9 Å². The monoisotopic (exact) mass is 466 g/mol. The summed E-state index contributed by atoms with van der Waals surface area (Å²) < 4.78 is 11.1. The van der Waals surface area contributed by atoms with Gasteiger partial charge in [-0.15, -0.1) is 23.5 Å². The number of benzene rings is 1. The molecule has 1 fully saturated rings. The summed E-state index contributed by atoms with van der Waals surface area (Å²) >= 11 is 3.96. The molecule has 0 N–H and O–H groups in total. The molecule has 2 unspecified atom stereocenters. The van der Waals surface area contributed by atoms with Crippen molar-refractivity contribution in [2.24, 2.45) is 5.92 Å². The van der Waals surface area contributed by atoms with Gasteiger partial charge in [0.1, 0.15) is 0 Å². The van der Waals surface area contributed by atoms with Crippen LogP contribution in [0, 0.1) is 5.92 Å². The molecule has 5 nitrogen and oxygen atoms in total. The zero-order valence-corrected chi connectivity index (χ0v) is 21.5. The number of ether oxygens (including phenoxy) is 2. The first kappa shape index (κ1) is 24.6. The molecule has 0 aromatic heterocycles. The standard InChI is InChI=1S/C24H38N2O3S2/c1-7-25(8-2)23(27)19-16-26-12-11-17-13-21(28-5)22(29-6)14-18(17)20(26)15-24(19,30-9-3)31-10-4/h13-14,19-20H,7-12,15-16H2,1-6H3. The molecule has 2 aliphatic heterocycles. The van der Waals surface area contributed by atoms with Gasteiger partial charge in [-0.2, -0.15) is 0 Å². The first-order valence-electron chi connectivity index (χ1n) is 11.5. The van der Waals surface area contributed by atoms with Crippen molar-refractivity contribution in [3.8, 4) is 11.5 Å². The third kappa shape index (κ3) is 4.69. The van der Waals surface area contributed by atoms with Crippen molar-refractivity contribution in [2.75, 3.05) is 51.9 Å². The normalized spacial score (nSPS) is 22.4. The maximum Gasteiger partial charge on any atom is 0.229 e. The zero-order chi connectivity index (χ0) is 22.6. The Hall–Kier alpha value is -1.05. The fourth-order valence-electron chi connectivity index (χ4n) is 5.19. The Morgan fingerprint density at radius 1 is 1.10 bits per heavy atom. The molecule has 0 radical (unpaired) electrons. The van der Waals surface area contributed by atoms with Crippen LogP contribution in [0.25, 0.3) is 0 Å². The number of piperidine rings is 1. The van der Waals surface area contributed by atoms with Gasteiger partial charge in [-0.3, -0.25) is 9.69 Å². The van der Waals surface area contributed by atoms with Gasteiger partial charge in [0.15, 0.2) is 11.5 Å². The van der Waals surface area contributed by atoms with E-state index in [2.05, 4.69) is 44.7 Å². The topological polar surface area (TPSA) is 42.0 Å². The highest BCUT2D eigenvalue weighted by Gasteiger charge is 2.52. The molecule has 0 spiro atoms. The number of hydrogen-bond acceptors (Lipinski definition) is 6. The van der Waals surface area contributed by atoms with Crippen LogP contribution in [0.5, 0.6) is 11.5 Å². The van der Waals surface area contributed by atoms with Crippen molar-refractivity contribution >= 4 is 29.4 Å². The van der Waals surface area contributed by atoms with E-state index < -0.39 is 0 Å². The average molecular weight is 467 g/mol. The number of methoxy groups -OCH3 is 2. The molecule has 1 aromatic rings. The predicted octanol–water partition coefficient (Wildman–Crippen LogP) is 4.69. The third-order valence-electron chi connectivity index (χ3n) is 6.69. The Labute approximate surface area is 196 Å². The van der Waals surface area contributed by atoms with Crippen molar-refractivity contribution in [2.45, 2.75) is 50.7 Å². The molecular formula is C24H38N2O3S2. The van der Waals surface area contributed by atoms with Gasteiger partial charge in [0.05, 0.1) is 24.2 Å². The second-order valence-electron chi connectivity index (χ2n) is 8.11. The van der Waals surface area contributed by atoms with Crippen molar-refractivity contribution in [3.05, 3.63) is 23.3 Å². The molecule has 1 amide bonds. The first-order chi connectivity index (χ1) is 15.0. The Morgan fingerprint density at radius 3 is 2.26 bits per heavy atom. The van der Waals surface area contributed by atoms with Gasteiger partial charge in [-0.1, -0.05) is 13.8 Å². The number of nitrogens with zero attached hydrogens (tertiary/aromatic N) is 2. The summed E-state index contributed by atoms with van der Waals surface area (Å²) in [5.41, 5.74) is 2.69. The largest absolute Gasteiger partial charge is 0.493 e. The molecule has 31 heavy (non-hydrogen) atoms. The second-order valence-corrected chi connectivity index (χ2v) is 11.6. The lowest BCUT2D eigenvalue weighted by atomic mass is 9.82. The van der Waals surface area contributed by atoms with E-state index in [1.807, 2.05) is 28.4 Å². The van der Waals surface area contributed by atoms with Gasteiger partial charge in [-0.05, 0) is 61.5 Å². The summed E-state index contributed by atoms with van der Waals surface area (Å²) in [5, 5.41) is 0. The lowest BCUT2D eigenvalue weighted by Crippen LogP contribution is -2.57. The van der Waals surface area contributed by atoms with Gasteiger partial charge < -0.3 is 14.4 Å². The maximum absolute atomic E-state index is 13.7. The number of hydrogen-bond donors (Lipinski definition) is 0. The molecule has 0 bridgehead atoms. The Morgan fingerprint density at radius 2 is 1.71 bits per heavy atom. The van der Waals surface area contributed by atoms with Crippen molar-refractivity contribution in [1.29, 1.82) is 0 Å². The fourth-order valence-corrected chi connectivity index (χ4v) is 8.52. The molecule has 3 rings (SSSR count). The van der Waals surface area contributed by atoms with Crippen LogP contribution in [0.1, 0.15) is 51.3 Å². The zero-order valence-electron chi connectivity index (χ0n) is 19.9. The maximum atomic E-state index is 13.7. The van der Waals surface area contributed by atoms with Crippen LogP contribution in [0.3, 0.4) is 0 Å². The smallest absolute Gasteiger partial charge is 0.229 e. The summed E-state index contributed by atoms with van der Waals surface area (Å²) in [6.07, 6.45) is 1.96. The number of carbonyl (C=O) groups is 1. The number of rotatable bonds is 9. The summed E-state index contributed by atoms with van der Waals surface area (Å²) in [7, 11) is 3.40. The van der Waals surface area contributed by atoms with Gasteiger partial charge in [0, 0.05) is 32.2 Å². The van der Waals surface area contributed by atoms with Gasteiger partial charge >= 0.3 is 0 Å². The summed E-state index contributed by atoms with van der Waals surface area (Å²) in [4.78, 5) is 18.2. The van der Waals surface area contributed by atoms with Crippen LogP contribution >= 0.6 is 23.5 Å². The lowest BCUT2D eigenvalue weighted by Gasteiger charge is -2.53. The van der Waals surface area contributed by atoms with Gasteiger partial charge in [0.25, 0.3) is 0 Å². The fraction of sp³-hybridized carbons (Fsp3) is 0.708. The number of carbonyl (C=O) groups excluding carboxylic acids is 1. The molecule has 0 aliphatic carbocycles. The average Bonchev–Trinajstić information content (AvgIpc) is 2.78. The Balaban J connectivity index is 2.03. The lowest BCUT2D eigenvalue weighted by molar-refractivity contribution is -0.137. The summed E-state index contributed by atoms with van der Waals surface area (Å²) in [6.45, 7) is 12.0. The third-order valence-corrected chi connectivity index (χ3v) is 9.85. The minimum Gasteiger partial charge on any atom is -0.493 e. The summed E-state index contributed by atoms with van der Waals surface area (Å²) in [5.74, 6) is 3.96. The number of amides is 1. The van der Waals surface area contributed by atoms with Crippen LogP contribution in [-0.2, 0) is 11.2 Å². The quantitative estimate of drug-likeness (QED) is 0.492. The van der Waals surface area contributed by atoms with E-state index in [4.69, 9.17) is 9.47 Å². The van der Waals surface area contributed by atoms with Crippen LogP contribution in [0.4, 0.5) is 0 Å². The highest BCUT2D eigenvalue weighted by Crippen LogP contribution is 2.56. The van der Waals surface area contributed by atoms with Gasteiger partial charge in [0.2, 0.25) is 5.91 Å². The second kappa shape index (κ2) is 10.7. The van der Waals surface area contributed by atoms with Crippen molar-refractivity contribution in [1.82, 2.24) is 9.80 Å². The molecule has 2 atom stereocenters. The number of fused-ring (bicyclic) bond motifs is 3. The molecular weight excluding hydrogens is 428 g/mol. The molecule has 174 valence electrons. The van der Waals surface area contributed by atoms with Crippen LogP contribution in [-0.4, -0.2) is 71.7 Å². The minimum absolute atomic E-state index is 0.0141. The van der Waals surface area contributed by atoms with Crippen molar-refractivity contribution in [3.63, 3.8) is 0 Å². The Bertz CT molecular complexity index is 763. The van der Waals surface area contributed by atoms with Crippen LogP contribution < -0.4 is 9.47 Å². The molecule has 0 saturated carbocycles. The van der Waals surface area contributed by atoms with Gasteiger partial charge in [-0.25, -0.2) is 0 Å². The molecule has 2 heterocycles. The van der Waals surface area contributed by atoms with E-state index in [0.717, 1.165) is 62.0 Å². The van der Waals surface area contributed by atoms with Crippen LogP contribution in [0.15, 0.2) is 12.1 Å². The predicted molar refractivity (Wildman–Crippen MR) is 133 cm³/mol. The highest BCUT2D eigenvalue weighted by molar-refractivity contribution is 8.18. The highest BCUT2D eigenvalue weighted by atomic mass is 32.2. The molecule has 1 saturated heterocycles. The van der Waals surface area contributed by atoms with Crippen molar-refractivity contribution < 1.29 is 14.3 Å². The van der Waals surface area contributed by atoms with E-state index in [9.17, 15) is 4.79 Å².